The van der Waals surface area contributed by atoms with Crippen molar-refractivity contribution in [2.24, 2.45) is 0 Å². The van der Waals surface area contributed by atoms with E-state index in [1.165, 1.54) is 0 Å². The molecule has 6 nitrogen and oxygen atoms in total. The predicted molar refractivity (Wildman–Crippen MR) is 171 cm³/mol. The topological polar surface area (TPSA) is 77.3 Å². The minimum absolute atomic E-state index is 0. The van der Waals surface area contributed by atoms with Gasteiger partial charge in [0.2, 0.25) is 0 Å². The number of pyridine rings is 6. The maximum atomic E-state index is 4.35. The van der Waals surface area contributed by atoms with E-state index in [-0.39, 0.29) is 17.1 Å². The van der Waals surface area contributed by atoms with Crippen molar-refractivity contribution in [3.63, 3.8) is 0 Å². The summed E-state index contributed by atoms with van der Waals surface area (Å²) in [5.41, 5.74) is 5.86. The van der Waals surface area contributed by atoms with Crippen LogP contribution in [-0.4, -0.2) is 29.9 Å². The average molecular weight is 596 g/mol. The van der Waals surface area contributed by atoms with Crippen LogP contribution in [0.3, 0.4) is 0 Å². The van der Waals surface area contributed by atoms with Gasteiger partial charge in [0.25, 0.3) is 0 Å². The molecule has 0 spiro atoms. The molecule has 0 atom stereocenters. The molecule has 7 heteroatoms. The minimum Gasteiger partial charge on any atom is -0.254 e. The van der Waals surface area contributed by atoms with Crippen molar-refractivity contribution in [1.29, 1.82) is 0 Å². The Labute approximate surface area is 258 Å². The number of benzene rings is 3. The number of hydrogen-bond acceptors (Lipinski definition) is 6. The standard InChI is InChI=1S/3C12H8N2.Mn/c3*1-3-9-5-6-10-4-2-8-14-12(10)11(9)13-7-1;/h3*1-8H;. The molecular formula is C36H24MnN6. The first kappa shape index (κ1) is 27.8. The summed E-state index contributed by atoms with van der Waals surface area (Å²) < 4.78 is 0. The first-order valence-corrected chi connectivity index (χ1v) is 13.6. The molecule has 0 aliphatic heterocycles. The summed E-state index contributed by atoms with van der Waals surface area (Å²) in [6, 6.07) is 36.4. The molecule has 205 valence electrons. The Morgan fingerprint density at radius 2 is 0.395 bits per heavy atom. The fraction of sp³-hybridized carbons (Fsp3) is 0. The number of aromatic nitrogens is 6. The Hall–Kier alpha value is -5.36. The third-order valence-electron chi connectivity index (χ3n) is 7.03. The van der Waals surface area contributed by atoms with E-state index in [0.717, 1.165) is 65.4 Å². The van der Waals surface area contributed by atoms with Gasteiger partial charge in [-0.15, -0.1) is 0 Å². The van der Waals surface area contributed by atoms with Crippen LogP contribution in [0.1, 0.15) is 0 Å². The van der Waals surface area contributed by atoms with Crippen molar-refractivity contribution in [2.75, 3.05) is 0 Å². The molecule has 6 heterocycles. The van der Waals surface area contributed by atoms with Crippen LogP contribution in [0.15, 0.2) is 146 Å². The molecule has 0 amide bonds. The number of hydrogen-bond donors (Lipinski definition) is 0. The molecule has 9 aromatic rings. The SMILES string of the molecule is [Mn].c1cnc2c(c1)ccc1cccnc12.c1cnc2c(c1)ccc1cccnc12.c1cnc2c(c1)ccc1cccnc12. The normalized spacial score (nSPS) is 10.6. The molecule has 43 heavy (non-hydrogen) atoms. The van der Waals surface area contributed by atoms with E-state index < -0.39 is 0 Å². The van der Waals surface area contributed by atoms with E-state index in [2.05, 4.69) is 103 Å². The van der Waals surface area contributed by atoms with Crippen molar-refractivity contribution >= 4 is 65.4 Å². The largest absolute Gasteiger partial charge is 0.254 e. The third-order valence-corrected chi connectivity index (χ3v) is 7.03. The summed E-state index contributed by atoms with van der Waals surface area (Å²) in [5, 5.41) is 6.83. The first-order chi connectivity index (χ1) is 20.8. The summed E-state index contributed by atoms with van der Waals surface area (Å²) in [4.78, 5) is 26.1. The molecule has 0 aliphatic carbocycles. The monoisotopic (exact) mass is 595 g/mol. The molecule has 3 aromatic carbocycles. The number of rotatable bonds is 0. The van der Waals surface area contributed by atoms with Crippen molar-refractivity contribution in [3.8, 4) is 0 Å². The maximum absolute atomic E-state index is 4.35. The van der Waals surface area contributed by atoms with Gasteiger partial charge in [0, 0.05) is 86.6 Å². The Balaban J connectivity index is 0.000000113. The second kappa shape index (κ2) is 12.7. The van der Waals surface area contributed by atoms with E-state index in [1.807, 2.05) is 36.4 Å². The molecule has 0 N–H and O–H groups in total. The zero-order valence-electron chi connectivity index (χ0n) is 22.9. The van der Waals surface area contributed by atoms with Gasteiger partial charge < -0.3 is 0 Å². The molecule has 0 saturated heterocycles. The molecular weight excluding hydrogens is 571 g/mol. The summed E-state index contributed by atoms with van der Waals surface area (Å²) >= 11 is 0. The molecule has 1 radical (unpaired) electrons. The Bertz CT molecular complexity index is 1910. The fourth-order valence-corrected chi connectivity index (χ4v) is 5.04. The van der Waals surface area contributed by atoms with Crippen LogP contribution >= 0.6 is 0 Å². The van der Waals surface area contributed by atoms with Gasteiger partial charge in [-0.05, 0) is 36.4 Å². The molecule has 9 rings (SSSR count). The summed E-state index contributed by atoms with van der Waals surface area (Å²) in [6.07, 6.45) is 10.8. The van der Waals surface area contributed by atoms with Crippen LogP contribution in [0.25, 0.3) is 65.4 Å². The van der Waals surface area contributed by atoms with Crippen LogP contribution in [0.4, 0.5) is 0 Å². The zero-order valence-corrected chi connectivity index (χ0v) is 24.1. The zero-order chi connectivity index (χ0) is 28.1. The second-order valence-electron chi connectivity index (χ2n) is 9.65. The van der Waals surface area contributed by atoms with Crippen LogP contribution < -0.4 is 0 Å². The van der Waals surface area contributed by atoms with E-state index in [1.54, 1.807) is 37.2 Å². The molecule has 0 unspecified atom stereocenters. The Morgan fingerprint density at radius 3 is 0.558 bits per heavy atom. The van der Waals surface area contributed by atoms with Gasteiger partial charge >= 0.3 is 0 Å². The van der Waals surface area contributed by atoms with E-state index in [4.69, 9.17) is 0 Å². The molecule has 0 fully saturated rings. The smallest absolute Gasteiger partial charge is 0.0964 e. The van der Waals surface area contributed by atoms with E-state index in [9.17, 15) is 0 Å². The van der Waals surface area contributed by atoms with Gasteiger partial charge in [-0.1, -0.05) is 72.8 Å². The average Bonchev–Trinajstić information content (AvgIpc) is 3.09. The number of nitrogens with zero attached hydrogens (tertiary/aromatic N) is 6. The molecule has 0 aliphatic rings. The van der Waals surface area contributed by atoms with Crippen LogP contribution in [0, 0.1) is 0 Å². The maximum Gasteiger partial charge on any atom is 0.0964 e. The molecule has 6 aromatic heterocycles. The summed E-state index contributed by atoms with van der Waals surface area (Å²) in [5.74, 6) is 0. The minimum atomic E-state index is 0. The van der Waals surface area contributed by atoms with Gasteiger partial charge in [-0.3, -0.25) is 29.9 Å². The van der Waals surface area contributed by atoms with Crippen molar-refractivity contribution < 1.29 is 17.1 Å². The quantitative estimate of drug-likeness (QED) is 0.130. The van der Waals surface area contributed by atoms with Gasteiger partial charge in [-0.25, -0.2) is 0 Å². The van der Waals surface area contributed by atoms with Gasteiger partial charge in [-0.2, -0.15) is 0 Å². The second-order valence-corrected chi connectivity index (χ2v) is 9.65. The van der Waals surface area contributed by atoms with Gasteiger partial charge in [0.05, 0.1) is 33.1 Å². The van der Waals surface area contributed by atoms with Crippen LogP contribution in [0.2, 0.25) is 0 Å². The number of fused-ring (bicyclic) bond motifs is 9. The predicted octanol–water partition coefficient (Wildman–Crippen LogP) is 8.35. The van der Waals surface area contributed by atoms with Crippen LogP contribution in [-0.2, 0) is 17.1 Å². The first-order valence-electron chi connectivity index (χ1n) is 13.6. The third kappa shape index (κ3) is 5.72. The van der Waals surface area contributed by atoms with Crippen molar-refractivity contribution in [2.45, 2.75) is 0 Å². The van der Waals surface area contributed by atoms with Gasteiger partial charge in [0.15, 0.2) is 0 Å². The van der Waals surface area contributed by atoms with Gasteiger partial charge in [0.1, 0.15) is 0 Å². The van der Waals surface area contributed by atoms with E-state index >= 15 is 0 Å². The summed E-state index contributed by atoms with van der Waals surface area (Å²) in [6.45, 7) is 0. The molecule has 0 bridgehead atoms. The summed E-state index contributed by atoms with van der Waals surface area (Å²) in [7, 11) is 0. The van der Waals surface area contributed by atoms with Crippen molar-refractivity contribution in [3.05, 3.63) is 146 Å². The Morgan fingerprint density at radius 1 is 0.233 bits per heavy atom. The fourth-order valence-electron chi connectivity index (χ4n) is 5.04. The van der Waals surface area contributed by atoms with E-state index in [0.29, 0.717) is 0 Å². The Kier molecular flexibility index (Phi) is 8.18. The van der Waals surface area contributed by atoms with Crippen LogP contribution in [0.5, 0.6) is 0 Å². The molecule has 0 saturated carbocycles. The van der Waals surface area contributed by atoms with Crippen molar-refractivity contribution in [1.82, 2.24) is 29.9 Å².